The van der Waals surface area contributed by atoms with Crippen LogP contribution in [0.25, 0.3) is 0 Å². The van der Waals surface area contributed by atoms with E-state index in [1.165, 1.54) is 22.4 Å². The van der Waals surface area contributed by atoms with E-state index in [1.807, 2.05) is 0 Å². The molecule has 4 rings (SSSR count). The van der Waals surface area contributed by atoms with Gasteiger partial charge in [0.05, 0.1) is 0 Å². The predicted octanol–water partition coefficient (Wildman–Crippen LogP) is 3.95. The van der Waals surface area contributed by atoms with Crippen molar-refractivity contribution in [3.8, 4) is 0 Å². The van der Waals surface area contributed by atoms with E-state index in [1.54, 1.807) is 0 Å². The van der Waals surface area contributed by atoms with Crippen LogP contribution in [-0.2, 0) is 12.0 Å². The molecule has 0 unspecified atom stereocenters. The summed E-state index contributed by atoms with van der Waals surface area (Å²) in [6, 6.07) is 32.2. The summed E-state index contributed by atoms with van der Waals surface area (Å²) < 4.78 is 2.42. The first-order valence-electron chi connectivity index (χ1n) is 9.74. The maximum atomic E-state index is 5.97. The van der Waals surface area contributed by atoms with E-state index in [-0.39, 0.29) is 0 Å². The fraction of sp³-hybridized carbons (Fsp3) is 0.160. The zero-order valence-electron chi connectivity index (χ0n) is 16.2. The molecule has 140 valence electrons. The Morgan fingerprint density at radius 2 is 1.18 bits per heavy atom. The van der Waals surface area contributed by atoms with E-state index in [0.29, 0.717) is 6.54 Å². The Kier molecular flexibility index (Phi) is 5.09. The quantitative estimate of drug-likeness (QED) is 0.393. The summed E-state index contributed by atoms with van der Waals surface area (Å²) in [4.78, 5) is 3.44. The summed E-state index contributed by atoms with van der Waals surface area (Å²) >= 11 is 0. The topological polar surface area (TPSA) is 45.7 Å². The molecular weight excluding hydrogens is 342 g/mol. The SMILES string of the molecule is Cc1[nH]cc(CCN)[n+]1C(c1ccccc1)(c1ccccc1)c1ccccc1. The molecule has 0 aliphatic carbocycles. The standard InChI is InChI=1S/C25H25N3/c1-20-27-19-24(17-18-26)28(20)25(21-11-5-2-6-12-21,22-13-7-3-8-14-22)23-15-9-4-10-16-23/h2-16,19H,17-18,26H2,1H3/p+1. The van der Waals surface area contributed by atoms with E-state index in [2.05, 4.69) is 114 Å². The van der Waals surface area contributed by atoms with Gasteiger partial charge >= 0.3 is 0 Å². The van der Waals surface area contributed by atoms with Gasteiger partial charge in [0.1, 0.15) is 11.9 Å². The molecule has 0 aliphatic rings. The number of hydrogen-bond acceptors (Lipinski definition) is 1. The monoisotopic (exact) mass is 368 g/mol. The average molecular weight is 369 g/mol. The fourth-order valence-electron chi connectivity index (χ4n) is 4.26. The maximum Gasteiger partial charge on any atom is 0.252 e. The van der Waals surface area contributed by atoms with E-state index in [4.69, 9.17) is 5.73 Å². The van der Waals surface area contributed by atoms with Crippen LogP contribution in [0.1, 0.15) is 28.2 Å². The minimum Gasteiger partial charge on any atom is -0.330 e. The van der Waals surface area contributed by atoms with E-state index in [0.717, 1.165) is 12.2 Å². The molecule has 3 N–H and O–H groups in total. The molecule has 1 heterocycles. The molecule has 28 heavy (non-hydrogen) atoms. The largest absolute Gasteiger partial charge is 0.330 e. The normalized spacial score (nSPS) is 11.5. The molecule has 4 aromatic rings. The molecule has 0 atom stereocenters. The van der Waals surface area contributed by atoms with Gasteiger partial charge < -0.3 is 5.73 Å². The molecule has 0 radical (unpaired) electrons. The van der Waals surface area contributed by atoms with Crippen LogP contribution in [0.4, 0.5) is 0 Å². The smallest absolute Gasteiger partial charge is 0.252 e. The van der Waals surface area contributed by atoms with Crippen molar-refractivity contribution >= 4 is 0 Å². The van der Waals surface area contributed by atoms with Crippen molar-refractivity contribution in [2.24, 2.45) is 5.73 Å². The van der Waals surface area contributed by atoms with Gasteiger partial charge in [-0.25, -0.2) is 9.55 Å². The molecule has 0 fully saturated rings. The molecule has 0 saturated carbocycles. The molecule has 0 amide bonds. The number of nitrogens with one attached hydrogen (secondary N) is 1. The number of H-pyrrole nitrogens is 1. The Bertz CT molecular complexity index is 925. The molecule has 0 bridgehead atoms. The maximum absolute atomic E-state index is 5.97. The van der Waals surface area contributed by atoms with Gasteiger partial charge in [-0.2, -0.15) is 0 Å². The molecule has 0 spiro atoms. The van der Waals surface area contributed by atoms with Crippen LogP contribution >= 0.6 is 0 Å². The third-order valence-corrected chi connectivity index (χ3v) is 5.38. The van der Waals surface area contributed by atoms with Gasteiger partial charge in [0.15, 0.2) is 5.54 Å². The molecular formula is C25H26N3+. The summed E-state index contributed by atoms with van der Waals surface area (Å²) in [7, 11) is 0. The van der Waals surface area contributed by atoms with Crippen molar-refractivity contribution in [3.63, 3.8) is 0 Å². The van der Waals surface area contributed by atoms with Crippen molar-refractivity contribution in [1.82, 2.24) is 4.98 Å². The van der Waals surface area contributed by atoms with E-state index in [9.17, 15) is 0 Å². The fourth-order valence-corrected chi connectivity index (χ4v) is 4.26. The Balaban J connectivity index is 2.16. The number of aromatic nitrogens is 2. The van der Waals surface area contributed by atoms with Crippen LogP contribution in [0.2, 0.25) is 0 Å². The summed E-state index contributed by atoms with van der Waals surface area (Å²) in [6.45, 7) is 2.73. The van der Waals surface area contributed by atoms with Crippen LogP contribution in [0, 0.1) is 6.92 Å². The number of imidazole rings is 1. The van der Waals surface area contributed by atoms with E-state index >= 15 is 0 Å². The van der Waals surface area contributed by atoms with Gasteiger partial charge in [-0.15, -0.1) is 0 Å². The molecule has 3 aromatic carbocycles. The van der Waals surface area contributed by atoms with Gasteiger partial charge in [0.2, 0.25) is 0 Å². The third kappa shape index (κ3) is 2.94. The number of benzene rings is 3. The summed E-state index contributed by atoms with van der Waals surface area (Å²) in [5.41, 5.74) is 10.3. The number of aryl methyl sites for hydroxylation is 1. The lowest BCUT2D eigenvalue weighted by atomic mass is 9.76. The zero-order valence-corrected chi connectivity index (χ0v) is 16.2. The van der Waals surface area contributed by atoms with Gasteiger partial charge in [-0.05, 0) is 6.54 Å². The van der Waals surface area contributed by atoms with Crippen molar-refractivity contribution in [2.45, 2.75) is 18.9 Å². The summed E-state index contributed by atoms with van der Waals surface area (Å²) in [5, 5.41) is 0. The van der Waals surface area contributed by atoms with Crippen molar-refractivity contribution in [3.05, 3.63) is 125 Å². The number of hydrogen-bond donors (Lipinski definition) is 2. The van der Waals surface area contributed by atoms with Gasteiger partial charge in [0, 0.05) is 30.0 Å². The third-order valence-electron chi connectivity index (χ3n) is 5.38. The van der Waals surface area contributed by atoms with Crippen molar-refractivity contribution < 1.29 is 4.57 Å². The second-order valence-corrected chi connectivity index (χ2v) is 7.05. The molecule has 0 aliphatic heterocycles. The lowest BCUT2D eigenvalue weighted by Gasteiger charge is -2.34. The summed E-state index contributed by atoms with van der Waals surface area (Å²) in [6.07, 6.45) is 2.89. The molecule has 1 aromatic heterocycles. The lowest BCUT2D eigenvalue weighted by Crippen LogP contribution is -2.61. The Morgan fingerprint density at radius 1 is 0.750 bits per heavy atom. The highest BCUT2D eigenvalue weighted by Gasteiger charge is 2.45. The first-order valence-corrected chi connectivity index (χ1v) is 9.74. The summed E-state index contributed by atoms with van der Waals surface area (Å²) in [5.74, 6) is 1.10. The second-order valence-electron chi connectivity index (χ2n) is 7.05. The molecule has 3 nitrogen and oxygen atoms in total. The number of nitrogens with zero attached hydrogens (tertiary/aromatic N) is 1. The highest BCUT2D eigenvalue weighted by atomic mass is 15.1. The van der Waals surface area contributed by atoms with Crippen LogP contribution in [-0.4, -0.2) is 11.5 Å². The van der Waals surface area contributed by atoms with Gasteiger partial charge in [-0.1, -0.05) is 91.0 Å². The predicted molar refractivity (Wildman–Crippen MR) is 113 cm³/mol. The van der Waals surface area contributed by atoms with E-state index < -0.39 is 5.54 Å². The first-order chi connectivity index (χ1) is 13.8. The van der Waals surface area contributed by atoms with Crippen molar-refractivity contribution in [2.75, 3.05) is 6.54 Å². The van der Waals surface area contributed by atoms with Gasteiger partial charge in [-0.3, -0.25) is 0 Å². The van der Waals surface area contributed by atoms with Crippen LogP contribution in [0.5, 0.6) is 0 Å². The van der Waals surface area contributed by atoms with Crippen LogP contribution in [0.15, 0.2) is 97.2 Å². The Morgan fingerprint density at radius 3 is 1.57 bits per heavy atom. The Hall–Kier alpha value is -3.17. The van der Waals surface area contributed by atoms with Crippen molar-refractivity contribution in [1.29, 1.82) is 0 Å². The van der Waals surface area contributed by atoms with Gasteiger partial charge in [0.25, 0.3) is 5.82 Å². The first kappa shape index (κ1) is 18.2. The lowest BCUT2D eigenvalue weighted by molar-refractivity contribution is -0.744. The second kappa shape index (κ2) is 7.83. The average Bonchev–Trinajstić information content (AvgIpc) is 3.12. The number of rotatable bonds is 6. The van der Waals surface area contributed by atoms with Crippen LogP contribution in [0.3, 0.4) is 0 Å². The zero-order chi connectivity index (χ0) is 19.4. The minimum absolute atomic E-state index is 0.488. The number of nitrogens with two attached hydrogens (primary N) is 1. The van der Waals surface area contributed by atoms with Crippen LogP contribution < -0.4 is 10.3 Å². The number of aromatic amines is 1. The minimum atomic E-state index is -0.488. The molecule has 3 heteroatoms. The highest BCUT2D eigenvalue weighted by Crippen LogP contribution is 2.37. The molecule has 0 saturated heterocycles. The highest BCUT2D eigenvalue weighted by molar-refractivity contribution is 5.47. The Labute approximate surface area is 166 Å².